The molecule has 0 unspecified atom stereocenters. The maximum atomic E-state index is 11.6. The number of terminal acetylenes is 1. The van der Waals surface area contributed by atoms with Crippen molar-refractivity contribution < 1.29 is 9.52 Å². The van der Waals surface area contributed by atoms with Crippen molar-refractivity contribution in [2.45, 2.75) is 13.1 Å². The standard InChI is InChI=1S/C19H15NO3S/c1-2-14-5-3-6-15(9-14)20(12-17-7-4-8-24-17)11-16-10-18(21)19(22)13-23-16/h1,3-10,13,22H,11-12H2. The molecule has 24 heavy (non-hydrogen) atoms. The van der Waals surface area contributed by atoms with Gasteiger partial charge in [0.1, 0.15) is 12.0 Å². The lowest BCUT2D eigenvalue weighted by Crippen LogP contribution is -2.22. The molecule has 1 aromatic carbocycles. The Morgan fingerprint density at radius 2 is 2.08 bits per heavy atom. The van der Waals surface area contributed by atoms with Crippen LogP contribution in [0, 0.1) is 12.3 Å². The number of benzene rings is 1. The highest BCUT2D eigenvalue weighted by Gasteiger charge is 2.12. The van der Waals surface area contributed by atoms with E-state index in [0.717, 1.165) is 17.5 Å². The van der Waals surface area contributed by atoms with Crippen LogP contribution in [0.5, 0.6) is 5.75 Å². The van der Waals surface area contributed by atoms with Crippen LogP contribution in [0.1, 0.15) is 16.2 Å². The Kier molecular flexibility index (Phi) is 4.69. The highest BCUT2D eigenvalue weighted by Crippen LogP contribution is 2.23. The van der Waals surface area contributed by atoms with Gasteiger partial charge in [0, 0.05) is 22.2 Å². The molecule has 2 heterocycles. The predicted octanol–water partition coefficient (Wildman–Crippen LogP) is 3.60. The third kappa shape index (κ3) is 3.67. The molecular formula is C19H15NO3S. The number of nitrogens with zero attached hydrogens (tertiary/aromatic N) is 1. The first kappa shape index (κ1) is 15.9. The van der Waals surface area contributed by atoms with Crippen molar-refractivity contribution in [2.24, 2.45) is 0 Å². The van der Waals surface area contributed by atoms with Crippen molar-refractivity contribution in [3.05, 3.63) is 80.5 Å². The van der Waals surface area contributed by atoms with Crippen LogP contribution in [0.2, 0.25) is 0 Å². The zero-order chi connectivity index (χ0) is 16.9. The predicted molar refractivity (Wildman–Crippen MR) is 95.2 cm³/mol. The molecule has 0 aliphatic carbocycles. The Balaban J connectivity index is 1.93. The molecule has 0 atom stereocenters. The summed E-state index contributed by atoms with van der Waals surface area (Å²) in [5.74, 6) is 2.71. The van der Waals surface area contributed by atoms with Gasteiger partial charge in [-0.3, -0.25) is 4.79 Å². The zero-order valence-electron chi connectivity index (χ0n) is 12.8. The maximum Gasteiger partial charge on any atom is 0.226 e. The van der Waals surface area contributed by atoms with E-state index in [1.807, 2.05) is 35.7 Å². The van der Waals surface area contributed by atoms with Crippen molar-refractivity contribution >= 4 is 17.0 Å². The van der Waals surface area contributed by atoms with E-state index >= 15 is 0 Å². The third-order valence-corrected chi connectivity index (χ3v) is 4.38. The normalized spacial score (nSPS) is 10.3. The summed E-state index contributed by atoms with van der Waals surface area (Å²) >= 11 is 1.66. The van der Waals surface area contributed by atoms with Gasteiger partial charge in [0.15, 0.2) is 5.75 Å². The van der Waals surface area contributed by atoms with E-state index in [1.54, 1.807) is 11.3 Å². The van der Waals surface area contributed by atoms with E-state index in [2.05, 4.69) is 16.9 Å². The molecule has 0 aliphatic rings. The molecule has 0 aliphatic heterocycles. The Morgan fingerprint density at radius 1 is 1.21 bits per heavy atom. The Hall–Kier alpha value is -2.97. The summed E-state index contributed by atoms with van der Waals surface area (Å²) in [6.45, 7) is 1.05. The molecular weight excluding hydrogens is 322 g/mol. The molecule has 0 saturated heterocycles. The number of aromatic hydroxyl groups is 1. The van der Waals surface area contributed by atoms with Crippen molar-refractivity contribution in [1.29, 1.82) is 0 Å². The second-order valence-corrected chi connectivity index (χ2v) is 6.26. The van der Waals surface area contributed by atoms with Crippen molar-refractivity contribution in [1.82, 2.24) is 0 Å². The summed E-state index contributed by atoms with van der Waals surface area (Å²) in [5.41, 5.74) is 1.27. The van der Waals surface area contributed by atoms with E-state index < -0.39 is 11.2 Å². The zero-order valence-corrected chi connectivity index (χ0v) is 13.6. The van der Waals surface area contributed by atoms with Gasteiger partial charge in [-0.15, -0.1) is 17.8 Å². The van der Waals surface area contributed by atoms with Gasteiger partial charge in [-0.05, 0) is 29.6 Å². The van der Waals surface area contributed by atoms with Crippen molar-refractivity contribution in [3.8, 4) is 18.1 Å². The molecule has 2 aromatic heterocycles. The van der Waals surface area contributed by atoms with E-state index in [-0.39, 0.29) is 0 Å². The molecule has 0 spiro atoms. The maximum absolute atomic E-state index is 11.6. The minimum atomic E-state index is -0.454. The molecule has 4 nitrogen and oxygen atoms in total. The Labute approximate surface area is 143 Å². The topological polar surface area (TPSA) is 53.7 Å². The monoisotopic (exact) mass is 337 g/mol. The first-order chi connectivity index (χ1) is 11.7. The summed E-state index contributed by atoms with van der Waals surface area (Å²) in [7, 11) is 0. The van der Waals surface area contributed by atoms with Crippen LogP contribution in [-0.4, -0.2) is 5.11 Å². The fourth-order valence-electron chi connectivity index (χ4n) is 2.34. The smallest absolute Gasteiger partial charge is 0.226 e. The molecule has 120 valence electrons. The molecule has 1 N–H and O–H groups in total. The lowest BCUT2D eigenvalue weighted by molar-refractivity contribution is 0.411. The molecule has 0 saturated carbocycles. The number of rotatable bonds is 5. The number of anilines is 1. The molecule has 0 bridgehead atoms. The largest absolute Gasteiger partial charge is 0.502 e. The van der Waals surface area contributed by atoms with Gasteiger partial charge in [0.05, 0.1) is 13.1 Å². The molecule has 0 radical (unpaired) electrons. The Bertz CT molecular complexity index is 922. The van der Waals surface area contributed by atoms with E-state index in [0.29, 0.717) is 18.8 Å². The molecule has 0 fully saturated rings. The van der Waals surface area contributed by atoms with E-state index in [9.17, 15) is 9.90 Å². The van der Waals surface area contributed by atoms with Crippen molar-refractivity contribution in [2.75, 3.05) is 4.90 Å². The molecule has 3 aromatic rings. The summed E-state index contributed by atoms with van der Waals surface area (Å²) in [4.78, 5) is 14.9. The SMILES string of the molecule is C#Cc1cccc(N(Cc2cc(=O)c(O)co2)Cc2cccs2)c1. The summed E-state index contributed by atoms with van der Waals surface area (Å²) in [5, 5.41) is 11.4. The lowest BCUT2D eigenvalue weighted by Gasteiger charge is -2.24. The second-order valence-electron chi connectivity index (χ2n) is 5.23. The highest BCUT2D eigenvalue weighted by atomic mass is 32.1. The Morgan fingerprint density at radius 3 is 2.79 bits per heavy atom. The summed E-state index contributed by atoms with van der Waals surface area (Å²) < 4.78 is 5.34. The molecule has 5 heteroatoms. The van der Waals surface area contributed by atoms with Crippen LogP contribution >= 0.6 is 11.3 Å². The van der Waals surface area contributed by atoms with Gasteiger partial charge in [0.25, 0.3) is 0 Å². The van der Waals surface area contributed by atoms with Crippen LogP contribution in [-0.2, 0) is 13.1 Å². The average molecular weight is 337 g/mol. The van der Waals surface area contributed by atoms with Crippen LogP contribution in [0.25, 0.3) is 0 Å². The first-order valence-electron chi connectivity index (χ1n) is 7.30. The van der Waals surface area contributed by atoms with E-state index in [1.165, 1.54) is 10.9 Å². The van der Waals surface area contributed by atoms with Crippen LogP contribution < -0.4 is 10.3 Å². The van der Waals surface area contributed by atoms with Gasteiger partial charge >= 0.3 is 0 Å². The number of thiophene rings is 1. The third-order valence-electron chi connectivity index (χ3n) is 3.52. The van der Waals surface area contributed by atoms with Crippen molar-refractivity contribution in [3.63, 3.8) is 0 Å². The minimum Gasteiger partial charge on any atom is -0.502 e. The van der Waals surface area contributed by atoms with Crippen LogP contribution in [0.3, 0.4) is 0 Å². The summed E-state index contributed by atoms with van der Waals surface area (Å²) in [6.07, 6.45) is 6.56. The number of hydrogen-bond acceptors (Lipinski definition) is 5. The fourth-order valence-corrected chi connectivity index (χ4v) is 3.06. The van der Waals surface area contributed by atoms with Gasteiger partial charge in [0.2, 0.25) is 5.43 Å². The van der Waals surface area contributed by atoms with Gasteiger partial charge in [-0.1, -0.05) is 18.1 Å². The molecule has 3 rings (SSSR count). The highest BCUT2D eigenvalue weighted by molar-refractivity contribution is 7.09. The van der Waals surface area contributed by atoms with Gasteiger partial charge in [-0.2, -0.15) is 0 Å². The first-order valence-corrected chi connectivity index (χ1v) is 8.18. The van der Waals surface area contributed by atoms with Gasteiger partial charge < -0.3 is 14.4 Å². The second kappa shape index (κ2) is 7.07. The van der Waals surface area contributed by atoms with E-state index in [4.69, 9.17) is 10.8 Å². The van der Waals surface area contributed by atoms with Crippen LogP contribution in [0.4, 0.5) is 5.69 Å². The fraction of sp³-hybridized carbons (Fsp3) is 0.105. The quantitative estimate of drug-likeness (QED) is 0.723. The lowest BCUT2D eigenvalue weighted by atomic mass is 10.2. The van der Waals surface area contributed by atoms with Crippen LogP contribution in [0.15, 0.2) is 63.3 Å². The molecule has 0 amide bonds. The average Bonchev–Trinajstić information content (AvgIpc) is 3.11. The van der Waals surface area contributed by atoms with Gasteiger partial charge in [-0.25, -0.2) is 0 Å². The minimum absolute atomic E-state index is 0.390. The summed E-state index contributed by atoms with van der Waals surface area (Å²) in [6, 6.07) is 13.0. The number of hydrogen-bond donors (Lipinski definition) is 1.